The topological polar surface area (TPSA) is 53.8 Å². The van der Waals surface area contributed by atoms with Gasteiger partial charge in [0.05, 0.1) is 19.8 Å². The fourth-order valence-corrected chi connectivity index (χ4v) is 3.62. The third-order valence-electron chi connectivity index (χ3n) is 5.29. The van der Waals surface area contributed by atoms with Crippen molar-refractivity contribution in [2.45, 2.75) is 38.1 Å². The SMILES string of the molecule is [O-][N+]1=C[C@@H](OCc2ccccc2)[C@@H](OCc2ccccc2)[C@@H]1COCc1ccccc1. The van der Waals surface area contributed by atoms with Gasteiger partial charge in [-0.25, -0.2) is 4.74 Å². The lowest BCUT2D eigenvalue weighted by Crippen LogP contribution is -2.41. The van der Waals surface area contributed by atoms with Crippen LogP contribution in [0.4, 0.5) is 0 Å². The molecule has 0 saturated heterocycles. The van der Waals surface area contributed by atoms with Crippen molar-refractivity contribution in [1.29, 1.82) is 0 Å². The summed E-state index contributed by atoms with van der Waals surface area (Å²) >= 11 is 0. The molecule has 5 nitrogen and oxygen atoms in total. The summed E-state index contributed by atoms with van der Waals surface area (Å²) in [6.45, 7) is 1.54. The molecule has 0 spiro atoms. The molecule has 3 atom stereocenters. The third kappa shape index (κ3) is 6.01. The zero-order chi connectivity index (χ0) is 21.3. The molecule has 31 heavy (non-hydrogen) atoms. The molecule has 0 fully saturated rings. The number of hydroxylamine groups is 1. The average Bonchev–Trinajstić information content (AvgIpc) is 3.12. The molecule has 1 aliphatic heterocycles. The Morgan fingerprint density at radius 1 is 0.645 bits per heavy atom. The number of ether oxygens (including phenoxy) is 3. The maximum Gasteiger partial charge on any atom is 0.215 e. The molecule has 4 rings (SSSR count). The monoisotopic (exact) mass is 417 g/mol. The molecule has 0 amide bonds. The van der Waals surface area contributed by atoms with Gasteiger partial charge in [0.2, 0.25) is 6.04 Å². The number of rotatable bonds is 10. The lowest BCUT2D eigenvalue weighted by molar-refractivity contribution is -0.504. The molecule has 3 aromatic carbocycles. The van der Waals surface area contributed by atoms with E-state index in [0.717, 1.165) is 21.4 Å². The van der Waals surface area contributed by atoms with Crippen molar-refractivity contribution in [2.24, 2.45) is 0 Å². The molecule has 0 bridgehead atoms. The first kappa shape index (κ1) is 21.2. The van der Waals surface area contributed by atoms with Crippen molar-refractivity contribution in [1.82, 2.24) is 0 Å². The number of benzene rings is 3. The molecule has 0 N–H and O–H groups in total. The summed E-state index contributed by atoms with van der Waals surface area (Å²) in [5.41, 5.74) is 3.18. The normalized spacial score (nSPS) is 20.5. The minimum Gasteiger partial charge on any atom is -0.624 e. The van der Waals surface area contributed by atoms with Crippen LogP contribution in [0.5, 0.6) is 0 Å². The molecule has 0 saturated carbocycles. The third-order valence-corrected chi connectivity index (χ3v) is 5.29. The van der Waals surface area contributed by atoms with Crippen LogP contribution >= 0.6 is 0 Å². The van der Waals surface area contributed by atoms with E-state index in [0.29, 0.717) is 19.8 Å². The Morgan fingerprint density at radius 3 is 1.68 bits per heavy atom. The van der Waals surface area contributed by atoms with Crippen LogP contribution in [0, 0.1) is 5.21 Å². The molecule has 5 heteroatoms. The summed E-state index contributed by atoms with van der Waals surface area (Å²) in [5, 5.41) is 12.7. The van der Waals surface area contributed by atoms with E-state index in [4.69, 9.17) is 14.2 Å². The summed E-state index contributed by atoms with van der Waals surface area (Å²) < 4.78 is 19.1. The van der Waals surface area contributed by atoms with E-state index in [1.54, 1.807) is 6.21 Å². The number of hydrogen-bond acceptors (Lipinski definition) is 4. The molecular formula is C26H27NO4. The second-order valence-electron chi connectivity index (χ2n) is 7.60. The highest BCUT2D eigenvalue weighted by atomic mass is 16.6. The van der Waals surface area contributed by atoms with Gasteiger partial charge in [-0.05, 0) is 16.7 Å². The zero-order valence-electron chi connectivity index (χ0n) is 17.4. The van der Waals surface area contributed by atoms with Crippen LogP contribution in [0.3, 0.4) is 0 Å². The molecule has 0 radical (unpaired) electrons. The van der Waals surface area contributed by atoms with E-state index in [2.05, 4.69) is 0 Å². The number of hydrogen-bond donors (Lipinski definition) is 0. The van der Waals surface area contributed by atoms with Crippen molar-refractivity contribution in [3.05, 3.63) is 113 Å². The van der Waals surface area contributed by atoms with Crippen molar-refractivity contribution in [3.63, 3.8) is 0 Å². The Kier molecular flexibility index (Phi) is 7.45. The second-order valence-corrected chi connectivity index (χ2v) is 7.60. The van der Waals surface area contributed by atoms with E-state index in [1.807, 2.05) is 91.0 Å². The quantitative estimate of drug-likeness (QED) is 0.364. The molecule has 1 aliphatic rings. The van der Waals surface area contributed by atoms with E-state index >= 15 is 0 Å². The molecular weight excluding hydrogens is 390 g/mol. The lowest BCUT2D eigenvalue weighted by Gasteiger charge is -2.23. The van der Waals surface area contributed by atoms with Crippen LogP contribution in [-0.2, 0) is 34.0 Å². The van der Waals surface area contributed by atoms with E-state index < -0.39 is 18.2 Å². The van der Waals surface area contributed by atoms with Gasteiger partial charge in [-0.3, -0.25) is 0 Å². The standard InChI is InChI=1S/C26H27NO4/c28-27-16-25(30-18-22-12-6-2-7-13-22)26(31-19-23-14-8-3-9-15-23)24(27)20-29-17-21-10-4-1-5-11-21/h1-16,24-26H,17-20H2/t24-,25+,26-/m0/s1. The van der Waals surface area contributed by atoms with Crippen LogP contribution in [0.2, 0.25) is 0 Å². The Balaban J connectivity index is 1.40. The predicted molar refractivity (Wildman–Crippen MR) is 120 cm³/mol. The van der Waals surface area contributed by atoms with Gasteiger partial charge >= 0.3 is 0 Å². The van der Waals surface area contributed by atoms with Gasteiger partial charge in [-0.15, -0.1) is 0 Å². The van der Waals surface area contributed by atoms with Crippen LogP contribution in [0.15, 0.2) is 91.0 Å². The highest BCUT2D eigenvalue weighted by Gasteiger charge is 2.43. The summed E-state index contributed by atoms with van der Waals surface area (Å²) in [7, 11) is 0. The van der Waals surface area contributed by atoms with E-state index in [9.17, 15) is 5.21 Å². The van der Waals surface area contributed by atoms with Crippen molar-refractivity contribution in [2.75, 3.05) is 6.61 Å². The average molecular weight is 418 g/mol. The molecule has 1 heterocycles. The first-order chi connectivity index (χ1) is 15.3. The fourth-order valence-electron chi connectivity index (χ4n) is 3.62. The van der Waals surface area contributed by atoms with Crippen LogP contribution in [0.1, 0.15) is 16.7 Å². The highest BCUT2D eigenvalue weighted by molar-refractivity contribution is 5.61. The smallest absolute Gasteiger partial charge is 0.215 e. The Labute approximate surface area is 183 Å². The van der Waals surface area contributed by atoms with Gasteiger partial charge in [0.15, 0.2) is 18.4 Å². The highest BCUT2D eigenvalue weighted by Crippen LogP contribution is 2.21. The second kappa shape index (κ2) is 10.9. The largest absolute Gasteiger partial charge is 0.624 e. The predicted octanol–water partition coefficient (Wildman–Crippen LogP) is 4.34. The maximum atomic E-state index is 12.7. The lowest BCUT2D eigenvalue weighted by atomic mass is 10.1. The fraction of sp³-hybridized carbons (Fsp3) is 0.269. The summed E-state index contributed by atoms with van der Waals surface area (Å²) in [6.07, 6.45) is 0.707. The molecule has 0 unspecified atom stereocenters. The first-order valence-corrected chi connectivity index (χ1v) is 10.5. The van der Waals surface area contributed by atoms with E-state index in [1.165, 1.54) is 0 Å². The Hall–Kier alpha value is -2.99. The van der Waals surface area contributed by atoms with E-state index in [-0.39, 0.29) is 6.61 Å². The molecule has 160 valence electrons. The first-order valence-electron chi connectivity index (χ1n) is 10.5. The minimum atomic E-state index is -0.465. The van der Waals surface area contributed by atoms with Gasteiger partial charge in [-0.1, -0.05) is 91.0 Å². The van der Waals surface area contributed by atoms with Crippen LogP contribution < -0.4 is 0 Å². The Bertz CT molecular complexity index is 947. The molecule has 0 aliphatic carbocycles. The molecule has 0 aromatic heterocycles. The summed E-state index contributed by atoms with van der Waals surface area (Å²) in [5.74, 6) is 0. The van der Waals surface area contributed by atoms with Crippen LogP contribution in [0.25, 0.3) is 0 Å². The van der Waals surface area contributed by atoms with Crippen molar-refractivity contribution < 1.29 is 18.9 Å². The Morgan fingerprint density at radius 2 is 1.13 bits per heavy atom. The van der Waals surface area contributed by atoms with Crippen molar-refractivity contribution >= 4 is 6.21 Å². The van der Waals surface area contributed by atoms with Gasteiger partial charge in [0, 0.05) is 0 Å². The summed E-state index contributed by atoms with van der Waals surface area (Å²) in [6, 6.07) is 29.3. The summed E-state index contributed by atoms with van der Waals surface area (Å²) in [4.78, 5) is 0. The van der Waals surface area contributed by atoms with Crippen LogP contribution in [-0.4, -0.2) is 35.8 Å². The van der Waals surface area contributed by atoms with Gasteiger partial charge in [0.25, 0.3) is 0 Å². The number of nitrogens with zero attached hydrogens (tertiary/aromatic N) is 1. The van der Waals surface area contributed by atoms with Crippen molar-refractivity contribution in [3.8, 4) is 0 Å². The van der Waals surface area contributed by atoms with Gasteiger partial charge in [0.1, 0.15) is 6.61 Å². The zero-order valence-corrected chi connectivity index (χ0v) is 17.4. The minimum absolute atomic E-state index is 0.263. The maximum absolute atomic E-state index is 12.7. The molecule has 3 aromatic rings. The van der Waals surface area contributed by atoms with Gasteiger partial charge in [-0.2, -0.15) is 0 Å². The van der Waals surface area contributed by atoms with Gasteiger partial charge < -0.3 is 19.4 Å².